The molecule has 0 spiro atoms. The average Bonchev–Trinajstić information content (AvgIpc) is 3.44. The number of nitrogens with zero attached hydrogens (tertiary/aromatic N) is 7. The maximum Gasteiger partial charge on any atom is 0.416 e. The highest BCUT2D eigenvalue weighted by Crippen LogP contribution is 2.30. The first kappa shape index (κ1) is 23.1. The highest BCUT2D eigenvalue weighted by Gasteiger charge is 2.38. The van der Waals surface area contributed by atoms with E-state index in [0.29, 0.717) is 37.5 Å². The van der Waals surface area contributed by atoms with Gasteiger partial charge in [0.25, 0.3) is 5.78 Å². The summed E-state index contributed by atoms with van der Waals surface area (Å²) < 4.78 is 40.7. The number of aryl methyl sites for hydroxylation is 1. The second-order valence-corrected chi connectivity index (χ2v) is 8.91. The maximum atomic E-state index is 13.1. The molecular formula is C23H24F3N7O2. The Labute approximate surface area is 199 Å². The van der Waals surface area contributed by atoms with Crippen LogP contribution in [0.25, 0.3) is 5.78 Å². The topological polar surface area (TPSA) is 86.9 Å². The minimum Gasteiger partial charge on any atom is -0.353 e. The molecule has 0 N–H and O–H groups in total. The molecule has 9 nitrogen and oxygen atoms in total. The minimum absolute atomic E-state index is 0.0512. The van der Waals surface area contributed by atoms with Crippen LogP contribution in [0.15, 0.2) is 36.7 Å². The molecule has 3 aromatic rings. The van der Waals surface area contributed by atoms with Crippen LogP contribution in [-0.4, -0.2) is 73.9 Å². The number of carbonyl (C=O) groups excluding carboxylic acids is 2. The Kier molecular flexibility index (Phi) is 5.81. The van der Waals surface area contributed by atoms with E-state index < -0.39 is 17.7 Å². The van der Waals surface area contributed by atoms with Crippen LogP contribution >= 0.6 is 0 Å². The molecule has 2 aliphatic heterocycles. The fourth-order valence-electron chi connectivity index (χ4n) is 4.71. The minimum atomic E-state index is -4.44. The van der Waals surface area contributed by atoms with E-state index in [1.165, 1.54) is 17.3 Å². The normalized spacial score (nSPS) is 19.1. The van der Waals surface area contributed by atoms with Crippen molar-refractivity contribution in [3.63, 3.8) is 0 Å². The predicted octanol–water partition coefficient (Wildman–Crippen LogP) is 2.15. The lowest BCUT2D eigenvalue weighted by molar-refractivity contribution is -0.137. The van der Waals surface area contributed by atoms with Crippen LogP contribution in [0.3, 0.4) is 0 Å². The second-order valence-electron chi connectivity index (χ2n) is 8.91. The number of piperazine rings is 1. The fourth-order valence-corrected chi connectivity index (χ4v) is 4.71. The molecule has 0 saturated carbocycles. The first-order chi connectivity index (χ1) is 16.7. The molecule has 184 valence electrons. The lowest BCUT2D eigenvalue weighted by Crippen LogP contribution is -2.51. The van der Waals surface area contributed by atoms with Crippen LogP contribution in [0.5, 0.6) is 0 Å². The van der Waals surface area contributed by atoms with Crippen LogP contribution in [0, 0.1) is 12.8 Å². The van der Waals surface area contributed by atoms with Gasteiger partial charge >= 0.3 is 6.18 Å². The first-order valence-electron chi connectivity index (χ1n) is 11.3. The van der Waals surface area contributed by atoms with Crippen LogP contribution in [-0.2, 0) is 22.3 Å². The third-order valence-electron chi connectivity index (χ3n) is 6.47. The molecule has 0 bridgehead atoms. The Morgan fingerprint density at radius 3 is 2.66 bits per heavy atom. The molecule has 0 aliphatic carbocycles. The molecule has 5 rings (SSSR count). The summed E-state index contributed by atoms with van der Waals surface area (Å²) in [4.78, 5) is 39.5. The van der Waals surface area contributed by atoms with Gasteiger partial charge in [0.2, 0.25) is 11.8 Å². The van der Waals surface area contributed by atoms with Gasteiger partial charge in [0, 0.05) is 57.4 Å². The molecule has 2 saturated heterocycles. The number of carbonyl (C=O) groups is 2. The largest absolute Gasteiger partial charge is 0.416 e. The number of fused-ring (bicyclic) bond motifs is 1. The van der Waals surface area contributed by atoms with Crippen molar-refractivity contribution in [2.24, 2.45) is 5.92 Å². The lowest BCUT2D eigenvalue weighted by Gasteiger charge is -2.37. The summed E-state index contributed by atoms with van der Waals surface area (Å²) in [5, 5.41) is 4.24. The number of rotatable bonds is 4. The molecule has 1 atom stereocenters. The Morgan fingerprint density at radius 2 is 1.91 bits per heavy atom. The van der Waals surface area contributed by atoms with Gasteiger partial charge < -0.3 is 14.7 Å². The van der Waals surface area contributed by atoms with Gasteiger partial charge in [-0.15, -0.1) is 0 Å². The monoisotopic (exact) mass is 487 g/mol. The van der Waals surface area contributed by atoms with Gasteiger partial charge in [-0.2, -0.15) is 27.8 Å². The highest BCUT2D eigenvalue weighted by atomic mass is 19.4. The van der Waals surface area contributed by atoms with E-state index in [2.05, 4.69) is 20.0 Å². The summed E-state index contributed by atoms with van der Waals surface area (Å²) in [5.41, 5.74) is 0.464. The van der Waals surface area contributed by atoms with Crippen LogP contribution < -0.4 is 4.90 Å². The highest BCUT2D eigenvalue weighted by molar-refractivity contribution is 5.89. The van der Waals surface area contributed by atoms with Crippen molar-refractivity contribution >= 4 is 23.4 Å². The predicted molar refractivity (Wildman–Crippen MR) is 119 cm³/mol. The van der Waals surface area contributed by atoms with Gasteiger partial charge in [0.15, 0.2) is 0 Å². The maximum absolute atomic E-state index is 13.1. The molecule has 35 heavy (non-hydrogen) atoms. The third kappa shape index (κ3) is 4.64. The number of amides is 2. The van der Waals surface area contributed by atoms with Crippen LogP contribution in [0.4, 0.5) is 19.0 Å². The molecule has 2 amide bonds. The fraction of sp³-hybridized carbons (Fsp3) is 0.435. The zero-order valence-electron chi connectivity index (χ0n) is 19.1. The van der Waals surface area contributed by atoms with Crippen molar-refractivity contribution < 1.29 is 22.8 Å². The summed E-state index contributed by atoms with van der Waals surface area (Å²) in [6.07, 6.45) is -2.92. The van der Waals surface area contributed by atoms with Crippen molar-refractivity contribution in [2.45, 2.75) is 26.1 Å². The Hall–Kier alpha value is -3.70. The van der Waals surface area contributed by atoms with E-state index in [-0.39, 0.29) is 31.3 Å². The van der Waals surface area contributed by atoms with Crippen molar-refractivity contribution in [3.8, 4) is 0 Å². The number of halogens is 3. The lowest BCUT2D eigenvalue weighted by atomic mass is 10.1. The number of hydrogen-bond donors (Lipinski definition) is 0. The van der Waals surface area contributed by atoms with Gasteiger partial charge in [0.05, 0.1) is 11.5 Å². The van der Waals surface area contributed by atoms with Crippen LogP contribution in [0.2, 0.25) is 0 Å². The third-order valence-corrected chi connectivity index (χ3v) is 6.47. The quantitative estimate of drug-likeness (QED) is 0.561. The SMILES string of the molecule is Cc1cc(N2CCN(C(=O)C3CC(=O)N(Cc4cccc(C(F)(F)F)c4)C3)CC2)n2ncnc2n1. The number of anilines is 1. The van der Waals surface area contributed by atoms with E-state index in [4.69, 9.17) is 0 Å². The van der Waals surface area contributed by atoms with Gasteiger partial charge in [-0.1, -0.05) is 12.1 Å². The second kappa shape index (κ2) is 8.82. The summed E-state index contributed by atoms with van der Waals surface area (Å²) in [6, 6.07) is 6.87. The molecule has 1 unspecified atom stereocenters. The molecule has 4 heterocycles. The molecule has 12 heteroatoms. The summed E-state index contributed by atoms with van der Waals surface area (Å²) >= 11 is 0. The molecule has 1 aromatic carbocycles. The standard InChI is InChI=1S/C23H24F3N7O2/c1-15-9-19(33-22(29-15)27-14-28-33)30-5-7-31(8-6-30)21(35)17-11-20(34)32(13-17)12-16-3-2-4-18(10-16)23(24,25)26/h2-4,9-10,14,17H,5-8,11-13H2,1H3. The number of hydrogen-bond acceptors (Lipinski definition) is 6. The first-order valence-corrected chi connectivity index (χ1v) is 11.3. The van der Waals surface area contributed by atoms with Gasteiger partial charge in [0.1, 0.15) is 12.1 Å². The van der Waals surface area contributed by atoms with Crippen molar-refractivity contribution in [1.29, 1.82) is 0 Å². The Morgan fingerprint density at radius 1 is 1.14 bits per heavy atom. The van der Waals surface area contributed by atoms with Crippen LogP contribution in [0.1, 0.15) is 23.2 Å². The van der Waals surface area contributed by atoms with E-state index >= 15 is 0 Å². The average molecular weight is 487 g/mol. The van der Waals surface area contributed by atoms with Crippen molar-refractivity contribution in [3.05, 3.63) is 53.5 Å². The van der Waals surface area contributed by atoms with Gasteiger partial charge in [-0.05, 0) is 24.6 Å². The summed E-state index contributed by atoms with van der Waals surface area (Å²) in [5.74, 6) is 0.566. The number of likely N-dealkylation sites (tertiary alicyclic amines) is 1. The summed E-state index contributed by atoms with van der Waals surface area (Å²) in [6.45, 7) is 4.33. The van der Waals surface area contributed by atoms with Gasteiger partial charge in [-0.3, -0.25) is 9.59 Å². The van der Waals surface area contributed by atoms with E-state index in [0.717, 1.165) is 23.6 Å². The molecule has 2 fully saturated rings. The van der Waals surface area contributed by atoms with E-state index in [9.17, 15) is 22.8 Å². The Balaban J connectivity index is 1.20. The Bertz CT molecular complexity index is 1270. The smallest absolute Gasteiger partial charge is 0.353 e. The van der Waals surface area contributed by atoms with Crippen molar-refractivity contribution in [2.75, 3.05) is 37.6 Å². The number of aromatic nitrogens is 4. The van der Waals surface area contributed by atoms with E-state index in [1.807, 2.05) is 13.0 Å². The molecule has 2 aliphatic rings. The molecule has 0 radical (unpaired) electrons. The number of alkyl halides is 3. The molecule has 2 aromatic heterocycles. The van der Waals surface area contributed by atoms with E-state index in [1.54, 1.807) is 15.5 Å². The van der Waals surface area contributed by atoms with Crippen molar-refractivity contribution in [1.82, 2.24) is 29.4 Å². The zero-order chi connectivity index (χ0) is 24.7. The number of benzene rings is 1. The zero-order valence-corrected chi connectivity index (χ0v) is 19.1. The summed E-state index contributed by atoms with van der Waals surface area (Å²) in [7, 11) is 0. The molecular weight excluding hydrogens is 463 g/mol. The van der Waals surface area contributed by atoms with Gasteiger partial charge in [-0.25, -0.2) is 4.98 Å².